The quantitative estimate of drug-likeness (QED) is 0.499. The molecule has 146 valence electrons. The van der Waals surface area contributed by atoms with Crippen LogP contribution in [0, 0.1) is 0 Å². The van der Waals surface area contributed by atoms with Gasteiger partial charge in [-0.25, -0.2) is 4.79 Å². The van der Waals surface area contributed by atoms with Gasteiger partial charge in [-0.05, 0) is 50.1 Å². The highest BCUT2D eigenvalue weighted by atomic mass is 16.5. The number of esters is 1. The number of fused-ring (bicyclic) bond motifs is 1. The zero-order chi connectivity index (χ0) is 20.3. The zero-order valence-electron chi connectivity index (χ0n) is 16.5. The Bertz CT molecular complexity index is 988. The van der Waals surface area contributed by atoms with Crippen LogP contribution in [-0.2, 0) is 27.9 Å². The Kier molecular flexibility index (Phi) is 5.49. The molecule has 0 saturated heterocycles. The van der Waals surface area contributed by atoms with Crippen LogP contribution in [0.5, 0.6) is 5.75 Å². The van der Waals surface area contributed by atoms with Gasteiger partial charge in [0.05, 0.1) is 12.1 Å². The molecule has 6 nitrogen and oxygen atoms in total. The molecule has 0 aliphatic heterocycles. The van der Waals surface area contributed by atoms with Crippen molar-refractivity contribution in [2.24, 2.45) is 0 Å². The lowest BCUT2D eigenvalue weighted by Gasteiger charge is -2.24. The fourth-order valence-corrected chi connectivity index (χ4v) is 2.99. The Morgan fingerprint density at radius 2 is 1.82 bits per heavy atom. The van der Waals surface area contributed by atoms with E-state index < -0.39 is 11.5 Å². The van der Waals surface area contributed by atoms with Gasteiger partial charge in [0.25, 0.3) is 0 Å². The first-order valence-electron chi connectivity index (χ1n) is 9.22. The molecule has 0 spiro atoms. The number of aromatic nitrogens is 3. The van der Waals surface area contributed by atoms with Crippen molar-refractivity contribution in [3.63, 3.8) is 0 Å². The second-order valence-electron chi connectivity index (χ2n) is 7.60. The van der Waals surface area contributed by atoms with Gasteiger partial charge in [0.2, 0.25) is 0 Å². The molecule has 0 saturated carbocycles. The van der Waals surface area contributed by atoms with Crippen LogP contribution in [0.25, 0.3) is 11.0 Å². The van der Waals surface area contributed by atoms with Crippen LogP contribution in [0.4, 0.5) is 0 Å². The van der Waals surface area contributed by atoms with Gasteiger partial charge in [-0.1, -0.05) is 30.8 Å². The summed E-state index contributed by atoms with van der Waals surface area (Å²) in [5.41, 5.74) is 3.42. The predicted molar refractivity (Wildman–Crippen MR) is 108 cm³/mol. The van der Waals surface area contributed by atoms with Crippen molar-refractivity contribution < 1.29 is 14.6 Å². The van der Waals surface area contributed by atoms with E-state index in [9.17, 15) is 9.90 Å². The van der Waals surface area contributed by atoms with E-state index in [-0.39, 0.29) is 12.4 Å². The van der Waals surface area contributed by atoms with Crippen LogP contribution in [-0.4, -0.2) is 32.7 Å². The van der Waals surface area contributed by atoms with E-state index in [1.165, 1.54) is 0 Å². The number of phenols is 1. The highest BCUT2D eigenvalue weighted by Crippen LogP contribution is 2.27. The van der Waals surface area contributed by atoms with Gasteiger partial charge >= 0.3 is 5.97 Å². The molecule has 0 fully saturated rings. The van der Waals surface area contributed by atoms with Crippen LogP contribution in [0.3, 0.4) is 0 Å². The van der Waals surface area contributed by atoms with E-state index >= 15 is 0 Å². The number of rotatable bonds is 7. The molecule has 0 atom stereocenters. The SMILES string of the molecule is C=C(C)C(=O)OCCc1ccc(O)c(CC(C)(C)n2nc3ccccc3n2)c1. The summed E-state index contributed by atoms with van der Waals surface area (Å²) in [6.45, 7) is 9.53. The third kappa shape index (κ3) is 4.39. The molecule has 0 aliphatic rings. The maximum atomic E-state index is 11.5. The number of phenolic OH excluding ortho intramolecular Hbond substituents is 1. The van der Waals surface area contributed by atoms with Gasteiger partial charge in [-0.15, -0.1) is 0 Å². The zero-order valence-corrected chi connectivity index (χ0v) is 16.5. The minimum absolute atomic E-state index is 0.229. The van der Waals surface area contributed by atoms with Crippen LogP contribution in [0.1, 0.15) is 31.9 Å². The second kappa shape index (κ2) is 7.84. The van der Waals surface area contributed by atoms with Crippen molar-refractivity contribution in [2.75, 3.05) is 6.61 Å². The number of nitrogens with zero attached hydrogens (tertiary/aromatic N) is 3. The van der Waals surface area contributed by atoms with Gasteiger partial charge < -0.3 is 9.84 Å². The summed E-state index contributed by atoms with van der Waals surface area (Å²) in [4.78, 5) is 13.2. The molecule has 0 bridgehead atoms. The molecule has 1 heterocycles. The van der Waals surface area contributed by atoms with Gasteiger partial charge in [0.15, 0.2) is 0 Å². The number of hydrogen-bond acceptors (Lipinski definition) is 5. The molecular formula is C22H25N3O3. The summed E-state index contributed by atoms with van der Waals surface area (Å²) in [6, 6.07) is 13.2. The first-order valence-corrected chi connectivity index (χ1v) is 9.22. The van der Waals surface area contributed by atoms with Gasteiger partial charge in [0, 0.05) is 18.4 Å². The molecule has 1 aromatic heterocycles. The molecule has 6 heteroatoms. The fourth-order valence-electron chi connectivity index (χ4n) is 2.99. The van der Waals surface area contributed by atoms with Crippen LogP contribution in [0.2, 0.25) is 0 Å². The third-order valence-corrected chi connectivity index (χ3v) is 4.57. The molecule has 0 unspecified atom stereocenters. The highest BCUT2D eigenvalue weighted by Gasteiger charge is 2.25. The van der Waals surface area contributed by atoms with Crippen LogP contribution in [0.15, 0.2) is 54.6 Å². The molecule has 0 aliphatic carbocycles. The largest absolute Gasteiger partial charge is 0.508 e. The summed E-state index contributed by atoms with van der Waals surface area (Å²) in [5.74, 6) is -0.163. The first-order chi connectivity index (χ1) is 13.3. The number of hydrogen-bond donors (Lipinski definition) is 1. The van der Waals surface area contributed by atoms with Crippen molar-refractivity contribution in [2.45, 2.75) is 39.2 Å². The molecule has 0 amide bonds. The van der Waals surface area contributed by atoms with E-state index in [1.807, 2.05) is 50.2 Å². The van der Waals surface area contributed by atoms with E-state index in [0.29, 0.717) is 18.4 Å². The normalized spacial score (nSPS) is 11.5. The minimum Gasteiger partial charge on any atom is -0.508 e. The first kappa shape index (κ1) is 19.6. The van der Waals surface area contributed by atoms with Crippen LogP contribution >= 0.6 is 0 Å². The number of aromatic hydroxyl groups is 1. The van der Waals surface area contributed by atoms with E-state index in [0.717, 1.165) is 22.2 Å². The van der Waals surface area contributed by atoms with Crippen molar-refractivity contribution >= 4 is 17.0 Å². The molecule has 3 aromatic rings. The Labute approximate surface area is 164 Å². The smallest absolute Gasteiger partial charge is 0.333 e. The number of carbonyl (C=O) groups is 1. The molecule has 0 radical (unpaired) electrons. The highest BCUT2D eigenvalue weighted by molar-refractivity contribution is 5.86. The number of ether oxygens (including phenoxy) is 1. The molecule has 1 N–H and O–H groups in total. The molecule has 2 aromatic carbocycles. The van der Waals surface area contributed by atoms with Crippen LogP contribution < -0.4 is 0 Å². The maximum Gasteiger partial charge on any atom is 0.333 e. The Morgan fingerprint density at radius 3 is 2.43 bits per heavy atom. The summed E-state index contributed by atoms with van der Waals surface area (Å²) in [6.07, 6.45) is 1.12. The third-order valence-electron chi connectivity index (χ3n) is 4.57. The lowest BCUT2D eigenvalue weighted by molar-refractivity contribution is -0.138. The van der Waals surface area contributed by atoms with Crippen molar-refractivity contribution in [3.8, 4) is 5.75 Å². The lowest BCUT2D eigenvalue weighted by atomic mass is 9.93. The molecule has 28 heavy (non-hydrogen) atoms. The van der Waals surface area contributed by atoms with Gasteiger partial charge in [0.1, 0.15) is 16.8 Å². The minimum atomic E-state index is -0.429. The Hall–Kier alpha value is -3.15. The standard InChI is InChI=1S/C22H25N3O3/c1-15(2)21(27)28-12-11-16-9-10-20(26)17(13-16)14-22(3,4)25-23-18-7-5-6-8-19(18)24-25/h5-10,13,26H,1,11-12,14H2,2-4H3. The Balaban J connectivity index is 1.75. The number of benzene rings is 2. The maximum absolute atomic E-state index is 11.5. The molecule has 3 rings (SSSR count). The summed E-state index contributed by atoms with van der Waals surface area (Å²) < 4.78 is 5.16. The van der Waals surface area contributed by atoms with Gasteiger partial charge in [-0.2, -0.15) is 15.0 Å². The number of carbonyl (C=O) groups excluding carboxylic acids is 1. The molecular weight excluding hydrogens is 354 g/mol. The van der Waals surface area contributed by atoms with E-state index in [1.54, 1.807) is 17.8 Å². The van der Waals surface area contributed by atoms with Crippen molar-refractivity contribution in [3.05, 3.63) is 65.7 Å². The predicted octanol–water partition coefficient (Wildman–Crippen LogP) is 3.78. The average molecular weight is 379 g/mol. The van der Waals surface area contributed by atoms with Crippen molar-refractivity contribution in [1.82, 2.24) is 15.0 Å². The fraction of sp³-hybridized carbons (Fsp3) is 0.318. The van der Waals surface area contributed by atoms with Gasteiger partial charge in [-0.3, -0.25) is 0 Å². The topological polar surface area (TPSA) is 77.2 Å². The summed E-state index contributed by atoms with van der Waals surface area (Å²) in [7, 11) is 0. The summed E-state index contributed by atoms with van der Waals surface area (Å²) in [5, 5.41) is 19.5. The Morgan fingerprint density at radius 1 is 1.18 bits per heavy atom. The second-order valence-corrected chi connectivity index (χ2v) is 7.60. The lowest BCUT2D eigenvalue weighted by Crippen LogP contribution is -2.31. The van der Waals surface area contributed by atoms with Crippen molar-refractivity contribution in [1.29, 1.82) is 0 Å². The average Bonchev–Trinajstić information content (AvgIpc) is 3.09. The van der Waals surface area contributed by atoms with E-state index in [2.05, 4.69) is 16.8 Å². The van der Waals surface area contributed by atoms with E-state index in [4.69, 9.17) is 4.74 Å². The summed E-state index contributed by atoms with van der Waals surface area (Å²) >= 11 is 0. The monoisotopic (exact) mass is 379 g/mol.